The van der Waals surface area contributed by atoms with Gasteiger partial charge in [-0.05, 0) is 51.0 Å². The van der Waals surface area contributed by atoms with Gasteiger partial charge in [0.25, 0.3) is 0 Å². The fraction of sp³-hybridized carbons (Fsp3) is 0.536. The zero-order chi connectivity index (χ0) is 25.1. The maximum atomic E-state index is 13.8. The van der Waals surface area contributed by atoms with Crippen molar-refractivity contribution >= 4 is 17.7 Å². The van der Waals surface area contributed by atoms with Crippen LogP contribution in [0.1, 0.15) is 70.3 Å². The van der Waals surface area contributed by atoms with Crippen molar-refractivity contribution in [2.24, 2.45) is 11.8 Å². The van der Waals surface area contributed by atoms with Crippen LogP contribution >= 0.6 is 0 Å². The Kier molecular flexibility index (Phi) is 7.63. The molecule has 0 bridgehead atoms. The van der Waals surface area contributed by atoms with Crippen molar-refractivity contribution in [3.63, 3.8) is 0 Å². The second-order valence-corrected chi connectivity index (χ2v) is 9.80. The number of rotatable bonds is 5. The predicted octanol–water partition coefficient (Wildman–Crippen LogP) is 4.57. The van der Waals surface area contributed by atoms with Gasteiger partial charge in [0, 0.05) is 22.5 Å². The van der Waals surface area contributed by atoms with Crippen molar-refractivity contribution in [1.82, 2.24) is 5.32 Å². The maximum absolute atomic E-state index is 13.8. The van der Waals surface area contributed by atoms with E-state index in [2.05, 4.69) is 5.32 Å². The van der Waals surface area contributed by atoms with Crippen LogP contribution in [0.2, 0.25) is 0 Å². The number of Topliss-reactive ketones (excluding diaryl/α,β-unsaturated/α-hetero) is 1. The van der Waals surface area contributed by atoms with Gasteiger partial charge in [-0.1, -0.05) is 38.0 Å². The van der Waals surface area contributed by atoms with Crippen molar-refractivity contribution < 1.29 is 28.6 Å². The Bertz CT molecular complexity index is 1060. The topological polar surface area (TPSA) is 90.9 Å². The summed E-state index contributed by atoms with van der Waals surface area (Å²) in [6.07, 6.45) is 6.43. The SMILES string of the molecule is COC(=O)C1C(=O)C2=C(CC1C)NC(C)=C(C(=O)OC1CCCCCC1)C2c1ccccc1OC. The third-order valence-electron chi connectivity index (χ3n) is 7.49. The van der Waals surface area contributed by atoms with E-state index < -0.39 is 23.8 Å². The summed E-state index contributed by atoms with van der Waals surface area (Å²) >= 11 is 0. The van der Waals surface area contributed by atoms with E-state index in [9.17, 15) is 14.4 Å². The first-order valence-electron chi connectivity index (χ1n) is 12.5. The van der Waals surface area contributed by atoms with Crippen molar-refractivity contribution in [2.45, 2.75) is 70.8 Å². The average molecular weight is 482 g/mol. The van der Waals surface area contributed by atoms with E-state index in [1.807, 2.05) is 38.1 Å². The molecule has 35 heavy (non-hydrogen) atoms. The summed E-state index contributed by atoms with van der Waals surface area (Å²) in [7, 11) is 2.86. The van der Waals surface area contributed by atoms with Gasteiger partial charge in [-0.3, -0.25) is 9.59 Å². The molecule has 4 rings (SSSR count). The average Bonchev–Trinajstić information content (AvgIpc) is 3.11. The summed E-state index contributed by atoms with van der Waals surface area (Å²) in [4.78, 5) is 40.1. The van der Waals surface area contributed by atoms with Crippen LogP contribution in [0.5, 0.6) is 5.75 Å². The summed E-state index contributed by atoms with van der Waals surface area (Å²) in [5, 5.41) is 3.32. The number of methoxy groups -OCH3 is 2. The molecule has 188 valence electrons. The maximum Gasteiger partial charge on any atom is 0.337 e. The molecule has 0 aromatic heterocycles. The molecule has 0 saturated heterocycles. The Morgan fingerprint density at radius 3 is 2.37 bits per heavy atom. The van der Waals surface area contributed by atoms with E-state index in [4.69, 9.17) is 14.2 Å². The highest BCUT2D eigenvalue weighted by Crippen LogP contribution is 2.47. The van der Waals surface area contributed by atoms with Gasteiger partial charge in [0.2, 0.25) is 0 Å². The van der Waals surface area contributed by atoms with Gasteiger partial charge < -0.3 is 19.5 Å². The van der Waals surface area contributed by atoms with Crippen molar-refractivity contribution in [2.75, 3.05) is 14.2 Å². The number of benzene rings is 1. The molecule has 7 nitrogen and oxygen atoms in total. The van der Waals surface area contributed by atoms with Crippen LogP contribution in [0.3, 0.4) is 0 Å². The summed E-state index contributed by atoms with van der Waals surface area (Å²) in [5.74, 6) is -2.58. The van der Waals surface area contributed by atoms with Crippen molar-refractivity contribution in [1.29, 1.82) is 0 Å². The molecule has 2 aliphatic carbocycles. The normalized spacial score (nSPS) is 25.4. The van der Waals surface area contributed by atoms with Gasteiger partial charge in [-0.2, -0.15) is 0 Å². The zero-order valence-electron chi connectivity index (χ0n) is 21.0. The summed E-state index contributed by atoms with van der Waals surface area (Å²) < 4.78 is 16.6. The number of ketones is 1. The Morgan fingerprint density at radius 1 is 1.03 bits per heavy atom. The first-order valence-corrected chi connectivity index (χ1v) is 12.5. The van der Waals surface area contributed by atoms with Crippen LogP contribution in [0.4, 0.5) is 0 Å². The minimum absolute atomic E-state index is 0.135. The first kappa shape index (κ1) is 25.0. The summed E-state index contributed by atoms with van der Waals surface area (Å²) in [6, 6.07) is 7.39. The van der Waals surface area contributed by atoms with E-state index in [-0.39, 0.29) is 17.8 Å². The largest absolute Gasteiger partial charge is 0.496 e. The molecule has 0 spiro atoms. The summed E-state index contributed by atoms with van der Waals surface area (Å²) in [5.41, 5.74) is 2.91. The van der Waals surface area contributed by atoms with Gasteiger partial charge in [0.1, 0.15) is 17.8 Å². The molecule has 3 atom stereocenters. The lowest BCUT2D eigenvalue weighted by atomic mass is 9.69. The van der Waals surface area contributed by atoms with Gasteiger partial charge in [-0.15, -0.1) is 0 Å². The van der Waals surface area contributed by atoms with Gasteiger partial charge >= 0.3 is 11.9 Å². The van der Waals surface area contributed by atoms with Gasteiger partial charge in [0.15, 0.2) is 5.78 Å². The molecule has 1 aliphatic heterocycles. The van der Waals surface area contributed by atoms with E-state index in [1.54, 1.807) is 7.11 Å². The standard InChI is InChI=1S/C28H35NO6/c1-16-15-20-25(26(30)22(16)27(31)34-4)24(19-13-9-10-14-21(19)33-3)23(17(2)29-20)28(32)35-18-11-7-5-6-8-12-18/h9-10,13-14,16,18,22,24,29H,5-8,11-12,15H2,1-4H3. The van der Waals surface area contributed by atoms with E-state index >= 15 is 0 Å². The molecule has 1 saturated carbocycles. The molecule has 1 N–H and O–H groups in total. The molecule has 3 aliphatic rings. The van der Waals surface area contributed by atoms with Crippen molar-refractivity contribution in [3.05, 3.63) is 52.4 Å². The van der Waals surface area contributed by atoms with E-state index in [0.29, 0.717) is 34.6 Å². The van der Waals surface area contributed by atoms with Crippen LogP contribution in [-0.4, -0.2) is 38.0 Å². The minimum Gasteiger partial charge on any atom is -0.496 e. The number of para-hydroxylation sites is 1. The Balaban J connectivity index is 1.80. The van der Waals surface area contributed by atoms with E-state index in [1.165, 1.54) is 7.11 Å². The van der Waals surface area contributed by atoms with Crippen molar-refractivity contribution in [3.8, 4) is 5.75 Å². The second kappa shape index (κ2) is 10.7. The van der Waals surface area contributed by atoms with E-state index in [0.717, 1.165) is 44.2 Å². The number of nitrogens with one attached hydrogen (secondary N) is 1. The van der Waals surface area contributed by atoms with Gasteiger partial charge in [-0.25, -0.2) is 4.79 Å². The summed E-state index contributed by atoms with van der Waals surface area (Å²) in [6.45, 7) is 3.72. The second-order valence-electron chi connectivity index (χ2n) is 9.80. The highest BCUT2D eigenvalue weighted by atomic mass is 16.5. The van der Waals surface area contributed by atoms with Gasteiger partial charge in [0.05, 0.1) is 25.7 Å². The number of esters is 2. The smallest absolute Gasteiger partial charge is 0.337 e. The number of carbonyl (C=O) groups is 3. The number of hydrogen-bond donors (Lipinski definition) is 1. The molecule has 3 unspecified atom stereocenters. The lowest BCUT2D eigenvalue weighted by Crippen LogP contribution is -2.43. The number of dihydropyridines is 1. The molecule has 1 aromatic rings. The molecule has 1 fully saturated rings. The molecule has 1 aromatic carbocycles. The highest BCUT2D eigenvalue weighted by Gasteiger charge is 2.48. The minimum atomic E-state index is -0.921. The fourth-order valence-electron chi connectivity index (χ4n) is 5.74. The Morgan fingerprint density at radius 2 is 1.71 bits per heavy atom. The lowest BCUT2D eigenvalue weighted by Gasteiger charge is -2.38. The number of allylic oxidation sites excluding steroid dienone is 3. The highest BCUT2D eigenvalue weighted by molar-refractivity contribution is 6.12. The van der Waals surface area contributed by atoms with Crippen LogP contribution in [-0.2, 0) is 23.9 Å². The fourth-order valence-corrected chi connectivity index (χ4v) is 5.74. The van der Waals surface area contributed by atoms with Crippen LogP contribution in [0, 0.1) is 11.8 Å². The number of ether oxygens (including phenoxy) is 3. The quantitative estimate of drug-likeness (QED) is 0.374. The molecular weight excluding hydrogens is 446 g/mol. The molecular formula is C28H35NO6. The molecule has 7 heteroatoms. The molecule has 1 heterocycles. The van der Waals surface area contributed by atoms with Crippen LogP contribution in [0.25, 0.3) is 0 Å². The Hall–Kier alpha value is -3.09. The lowest BCUT2D eigenvalue weighted by molar-refractivity contribution is -0.151. The van der Waals surface area contributed by atoms with Crippen LogP contribution in [0.15, 0.2) is 46.8 Å². The Labute approximate surface area is 206 Å². The monoisotopic (exact) mass is 481 g/mol. The molecule has 0 amide bonds. The number of hydrogen-bond acceptors (Lipinski definition) is 7. The zero-order valence-corrected chi connectivity index (χ0v) is 21.0. The van der Waals surface area contributed by atoms with Crippen LogP contribution < -0.4 is 10.1 Å². The third-order valence-corrected chi connectivity index (χ3v) is 7.49. The first-order chi connectivity index (χ1) is 16.9. The number of carbonyl (C=O) groups excluding carboxylic acids is 3. The molecule has 0 radical (unpaired) electrons. The third kappa shape index (κ3) is 4.86. The predicted molar refractivity (Wildman–Crippen MR) is 130 cm³/mol.